The van der Waals surface area contributed by atoms with Crippen LogP contribution in [-0.4, -0.2) is 87.5 Å². The van der Waals surface area contributed by atoms with E-state index < -0.39 is 49.5 Å². The smallest absolute Gasteiger partial charge is 0.220 e. The molecule has 396 valence electrons. The fraction of sp³-hybridized carbons (Fsp3) is 0.717. The van der Waals surface area contributed by atoms with Gasteiger partial charge in [0.25, 0.3) is 0 Å². The van der Waals surface area contributed by atoms with E-state index in [2.05, 4.69) is 104 Å². The Labute approximate surface area is 422 Å². The largest absolute Gasteiger partial charge is 0.394 e. The third-order valence-electron chi connectivity index (χ3n) is 12.6. The standard InChI is InChI=1S/C60H103NO8/c1-3-5-7-9-11-13-15-16-17-18-19-20-21-22-23-24-25-26-27-28-29-30-31-32-33-34-35-36-37-38-40-42-44-46-48-50-56(64)61-53(52-68-60-59(67)58(66)57(65)55(51-62)69-60)54(63)49-47-45-43-41-39-14-12-10-8-6-4-2/h5,7,11,13,16-17,19-20,22-23,25-26,39,41,47,49,53-55,57-60,62-63,65-67H,3-4,6,8-10,12,14-15,18,21,24,27-38,40,42-46,48,50-52H2,1-2H3,(H,61,64)/b7-5-,13-11-,17-16-,20-19-,23-22-,26-25-,41-39+,49-47+. The molecule has 0 aromatic carbocycles. The second kappa shape index (κ2) is 48.7. The van der Waals surface area contributed by atoms with Gasteiger partial charge in [0.2, 0.25) is 5.91 Å². The lowest BCUT2D eigenvalue weighted by atomic mass is 9.99. The van der Waals surface area contributed by atoms with Gasteiger partial charge in [-0.25, -0.2) is 0 Å². The van der Waals surface area contributed by atoms with Crippen LogP contribution in [0, 0.1) is 0 Å². The number of hydrogen-bond acceptors (Lipinski definition) is 8. The van der Waals surface area contributed by atoms with Crippen LogP contribution in [0.3, 0.4) is 0 Å². The molecule has 1 aliphatic heterocycles. The van der Waals surface area contributed by atoms with Gasteiger partial charge < -0.3 is 40.3 Å². The molecule has 0 spiro atoms. The lowest BCUT2D eigenvalue weighted by Gasteiger charge is -2.40. The highest BCUT2D eigenvalue weighted by molar-refractivity contribution is 5.76. The molecule has 9 nitrogen and oxygen atoms in total. The van der Waals surface area contributed by atoms with E-state index in [-0.39, 0.29) is 12.5 Å². The Bertz CT molecular complexity index is 1400. The Morgan fingerprint density at radius 1 is 0.507 bits per heavy atom. The summed E-state index contributed by atoms with van der Waals surface area (Å²) in [4.78, 5) is 13.0. The molecule has 69 heavy (non-hydrogen) atoms. The molecule has 1 rings (SSSR count). The molecule has 0 aliphatic carbocycles. The Morgan fingerprint density at radius 2 is 0.913 bits per heavy atom. The summed E-state index contributed by atoms with van der Waals surface area (Å²) in [6.07, 6.45) is 63.5. The molecular formula is C60H103NO8. The average molecular weight is 966 g/mol. The summed E-state index contributed by atoms with van der Waals surface area (Å²) in [5.74, 6) is -0.191. The molecular weight excluding hydrogens is 863 g/mol. The number of hydrogen-bond donors (Lipinski definition) is 6. The molecule has 0 aromatic rings. The number of allylic oxidation sites excluding steroid dienone is 15. The molecule has 1 heterocycles. The second-order valence-electron chi connectivity index (χ2n) is 19.0. The molecule has 6 N–H and O–H groups in total. The topological polar surface area (TPSA) is 149 Å². The van der Waals surface area contributed by atoms with Gasteiger partial charge in [-0.1, -0.05) is 227 Å². The quantitative estimate of drug-likeness (QED) is 0.0261. The van der Waals surface area contributed by atoms with Crippen molar-refractivity contribution >= 4 is 5.91 Å². The Morgan fingerprint density at radius 3 is 1.39 bits per heavy atom. The van der Waals surface area contributed by atoms with E-state index in [1.807, 2.05) is 6.08 Å². The number of rotatable bonds is 46. The SMILES string of the molecule is CC/C=C\C/C=C\C/C=C\C/C=C\C/C=C\C/C=C\CCCCCCCCCCCCCCCCCCC(=O)NC(COC1OC(CO)C(O)C(O)C1O)C(O)/C=C/CC/C=C/CCCCCCC. The van der Waals surface area contributed by atoms with Gasteiger partial charge in [0, 0.05) is 6.42 Å². The molecule has 7 unspecified atom stereocenters. The van der Waals surface area contributed by atoms with E-state index in [1.54, 1.807) is 6.08 Å². The fourth-order valence-corrected chi connectivity index (χ4v) is 8.23. The van der Waals surface area contributed by atoms with Crippen LogP contribution in [0.5, 0.6) is 0 Å². The zero-order chi connectivity index (χ0) is 50.1. The predicted octanol–water partition coefficient (Wildman–Crippen LogP) is 13.6. The Kier molecular flexibility index (Phi) is 45.3. The highest BCUT2D eigenvalue weighted by atomic mass is 16.7. The molecule has 0 radical (unpaired) electrons. The molecule has 1 saturated heterocycles. The summed E-state index contributed by atoms with van der Waals surface area (Å²) in [5, 5.41) is 54.2. The van der Waals surface area contributed by atoms with Crippen molar-refractivity contribution in [2.45, 2.75) is 262 Å². The van der Waals surface area contributed by atoms with E-state index in [1.165, 1.54) is 122 Å². The number of aliphatic hydroxyl groups excluding tert-OH is 5. The molecule has 0 bridgehead atoms. The first kappa shape index (κ1) is 64.1. The van der Waals surface area contributed by atoms with E-state index in [9.17, 15) is 30.3 Å². The second-order valence-corrected chi connectivity index (χ2v) is 19.0. The van der Waals surface area contributed by atoms with Crippen LogP contribution in [0.15, 0.2) is 97.2 Å². The first-order valence-electron chi connectivity index (χ1n) is 28.0. The third-order valence-corrected chi connectivity index (χ3v) is 12.6. The highest BCUT2D eigenvalue weighted by Gasteiger charge is 2.44. The Balaban J connectivity index is 2.12. The summed E-state index contributed by atoms with van der Waals surface area (Å²) in [5.41, 5.74) is 0. The van der Waals surface area contributed by atoms with E-state index in [0.717, 1.165) is 77.0 Å². The third kappa shape index (κ3) is 38.5. The van der Waals surface area contributed by atoms with Crippen molar-refractivity contribution in [1.29, 1.82) is 0 Å². The lowest BCUT2D eigenvalue weighted by molar-refractivity contribution is -0.302. The van der Waals surface area contributed by atoms with Crippen LogP contribution < -0.4 is 5.32 Å². The molecule has 1 amide bonds. The number of unbranched alkanes of at least 4 members (excludes halogenated alkanes) is 22. The molecule has 0 saturated carbocycles. The Hall–Kier alpha value is -2.89. The van der Waals surface area contributed by atoms with Crippen molar-refractivity contribution in [3.8, 4) is 0 Å². The normalized spacial score (nSPS) is 20.2. The summed E-state index contributed by atoms with van der Waals surface area (Å²) < 4.78 is 11.2. The van der Waals surface area contributed by atoms with Crippen molar-refractivity contribution < 1.29 is 39.8 Å². The van der Waals surface area contributed by atoms with Crippen molar-refractivity contribution in [3.63, 3.8) is 0 Å². The minimum Gasteiger partial charge on any atom is -0.394 e. The van der Waals surface area contributed by atoms with Gasteiger partial charge in [-0.2, -0.15) is 0 Å². The average Bonchev–Trinajstić information content (AvgIpc) is 3.35. The zero-order valence-electron chi connectivity index (χ0n) is 43.8. The van der Waals surface area contributed by atoms with Crippen LogP contribution in [0.2, 0.25) is 0 Å². The number of amides is 1. The van der Waals surface area contributed by atoms with Crippen molar-refractivity contribution in [3.05, 3.63) is 97.2 Å². The summed E-state index contributed by atoms with van der Waals surface area (Å²) in [6.45, 7) is 3.61. The van der Waals surface area contributed by atoms with Crippen LogP contribution in [0.4, 0.5) is 0 Å². The molecule has 1 aliphatic rings. The fourth-order valence-electron chi connectivity index (χ4n) is 8.23. The van der Waals surface area contributed by atoms with E-state index >= 15 is 0 Å². The number of carbonyl (C=O) groups is 1. The number of nitrogens with one attached hydrogen (secondary N) is 1. The van der Waals surface area contributed by atoms with Crippen molar-refractivity contribution in [1.82, 2.24) is 5.32 Å². The zero-order valence-corrected chi connectivity index (χ0v) is 43.8. The van der Waals surface area contributed by atoms with Gasteiger partial charge in [0.1, 0.15) is 24.4 Å². The number of aliphatic hydroxyl groups is 5. The summed E-state index contributed by atoms with van der Waals surface area (Å²) >= 11 is 0. The van der Waals surface area contributed by atoms with Gasteiger partial charge in [0.15, 0.2) is 6.29 Å². The minimum absolute atomic E-state index is 0.191. The predicted molar refractivity (Wildman–Crippen MR) is 290 cm³/mol. The highest BCUT2D eigenvalue weighted by Crippen LogP contribution is 2.23. The van der Waals surface area contributed by atoms with Gasteiger partial charge in [0.05, 0.1) is 25.4 Å². The summed E-state index contributed by atoms with van der Waals surface area (Å²) in [6, 6.07) is -0.824. The maximum atomic E-state index is 13.0. The first-order valence-corrected chi connectivity index (χ1v) is 28.0. The summed E-state index contributed by atoms with van der Waals surface area (Å²) in [7, 11) is 0. The van der Waals surface area contributed by atoms with Crippen molar-refractivity contribution in [2.75, 3.05) is 13.2 Å². The number of ether oxygens (including phenoxy) is 2. The monoisotopic (exact) mass is 966 g/mol. The molecule has 1 fully saturated rings. The maximum absolute atomic E-state index is 13.0. The van der Waals surface area contributed by atoms with E-state index in [0.29, 0.717) is 6.42 Å². The lowest BCUT2D eigenvalue weighted by Crippen LogP contribution is -2.60. The molecule has 7 atom stereocenters. The van der Waals surface area contributed by atoms with Gasteiger partial charge in [-0.15, -0.1) is 0 Å². The van der Waals surface area contributed by atoms with Crippen LogP contribution in [0.25, 0.3) is 0 Å². The van der Waals surface area contributed by atoms with Gasteiger partial charge in [-0.05, 0) is 83.5 Å². The molecule has 9 heteroatoms. The van der Waals surface area contributed by atoms with E-state index in [4.69, 9.17) is 9.47 Å². The van der Waals surface area contributed by atoms with Crippen LogP contribution in [-0.2, 0) is 14.3 Å². The maximum Gasteiger partial charge on any atom is 0.220 e. The van der Waals surface area contributed by atoms with Gasteiger partial charge >= 0.3 is 0 Å². The minimum atomic E-state index is -1.57. The van der Waals surface area contributed by atoms with Crippen LogP contribution >= 0.6 is 0 Å². The van der Waals surface area contributed by atoms with Crippen LogP contribution in [0.1, 0.15) is 219 Å². The molecule has 0 aromatic heterocycles. The number of carbonyl (C=O) groups excluding carboxylic acids is 1. The first-order chi connectivity index (χ1) is 33.8. The van der Waals surface area contributed by atoms with Gasteiger partial charge in [-0.3, -0.25) is 4.79 Å². The van der Waals surface area contributed by atoms with Crippen molar-refractivity contribution in [2.24, 2.45) is 0 Å².